The molecule has 0 amide bonds. The average molecular weight is 294 g/mol. The number of hydrogen-bond acceptors (Lipinski definition) is 2. The molecule has 1 aromatic rings. The first-order valence-electron chi connectivity index (χ1n) is 5.71. The van der Waals surface area contributed by atoms with Crippen LogP contribution in [0.4, 0.5) is 0 Å². The number of benzene rings is 1. The number of rotatable bonds is 1. The highest BCUT2D eigenvalue weighted by Crippen LogP contribution is 2.36. The Morgan fingerprint density at radius 1 is 1.41 bits per heavy atom. The molecule has 1 heterocycles. The highest BCUT2D eigenvalue weighted by molar-refractivity contribution is 9.10. The Labute approximate surface area is 108 Å². The van der Waals surface area contributed by atoms with Gasteiger partial charge in [-0.15, -0.1) is 0 Å². The van der Waals surface area contributed by atoms with Crippen LogP contribution >= 0.6 is 15.9 Å². The first kappa shape index (κ1) is 10.8. The third-order valence-electron chi connectivity index (χ3n) is 3.17. The van der Waals surface area contributed by atoms with Crippen molar-refractivity contribution in [1.29, 1.82) is 0 Å². The molecule has 0 fully saturated rings. The van der Waals surface area contributed by atoms with Gasteiger partial charge in [0, 0.05) is 21.4 Å². The molecule has 2 aliphatic rings. The zero-order valence-corrected chi connectivity index (χ0v) is 10.8. The molecule has 4 heteroatoms. The fourth-order valence-corrected chi connectivity index (χ4v) is 2.79. The molecule has 1 unspecified atom stereocenters. The Morgan fingerprint density at radius 2 is 2.29 bits per heavy atom. The lowest BCUT2D eigenvalue weighted by molar-refractivity contribution is -0.743. The fourth-order valence-electron chi connectivity index (χ4n) is 2.37. The van der Waals surface area contributed by atoms with Gasteiger partial charge in [0.15, 0.2) is 0 Å². The van der Waals surface area contributed by atoms with Gasteiger partial charge < -0.3 is 4.84 Å². The van der Waals surface area contributed by atoms with Gasteiger partial charge >= 0.3 is 0 Å². The van der Waals surface area contributed by atoms with E-state index in [1.54, 1.807) is 0 Å². The summed E-state index contributed by atoms with van der Waals surface area (Å²) in [6.45, 7) is 0. The molecule has 0 saturated carbocycles. The van der Waals surface area contributed by atoms with Crippen LogP contribution in [0.2, 0.25) is 0 Å². The van der Waals surface area contributed by atoms with E-state index in [9.17, 15) is 5.21 Å². The van der Waals surface area contributed by atoms with E-state index in [0.717, 1.165) is 40.6 Å². The Balaban J connectivity index is 1.99. The van der Waals surface area contributed by atoms with Crippen LogP contribution in [-0.2, 0) is 4.84 Å². The van der Waals surface area contributed by atoms with Crippen LogP contribution in [0.3, 0.4) is 0 Å². The minimum Gasteiger partial charge on any atom is -0.390 e. The van der Waals surface area contributed by atoms with E-state index in [1.807, 2.05) is 24.3 Å². The van der Waals surface area contributed by atoms with Crippen molar-refractivity contribution in [2.45, 2.75) is 25.4 Å². The largest absolute Gasteiger partial charge is 0.390 e. The van der Waals surface area contributed by atoms with Crippen LogP contribution in [0.15, 0.2) is 40.4 Å². The van der Waals surface area contributed by atoms with Gasteiger partial charge in [0.1, 0.15) is 6.10 Å². The van der Waals surface area contributed by atoms with Crippen molar-refractivity contribution in [2.75, 3.05) is 0 Å². The summed E-state index contributed by atoms with van der Waals surface area (Å²) in [6.07, 6.45) is 4.77. The minimum absolute atomic E-state index is 0.236. The number of allylic oxidation sites excluding steroid dienone is 1. The predicted octanol–water partition coefficient (Wildman–Crippen LogP) is 3.50. The maximum atomic E-state index is 11.7. The van der Waals surface area contributed by atoms with Gasteiger partial charge in [-0.2, -0.15) is 0 Å². The Morgan fingerprint density at radius 3 is 3.12 bits per heavy atom. The summed E-state index contributed by atoms with van der Waals surface area (Å²) in [5, 5.41) is 11.7. The lowest BCUT2D eigenvalue weighted by Gasteiger charge is -2.15. The van der Waals surface area contributed by atoms with Gasteiger partial charge in [0.05, 0.1) is 0 Å². The molecule has 0 bridgehead atoms. The molecular weight excluding hydrogens is 282 g/mol. The Kier molecular flexibility index (Phi) is 2.67. The molecule has 1 atom stereocenters. The van der Waals surface area contributed by atoms with Crippen molar-refractivity contribution >= 4 is 21.6 Å². The highest BCUT2D eigenvalue weighted by atomic mass is 79.9. The number of fused-ring (bicyclic) bond motifs is 1. The van der Waals surface area contributed by atoms with E-state index < -0.39 is 0 Å². The lowest BCUT2D eigenvalue weighted by Crippen LogP contribution is -2.11. The van der Waals surface area contributed by atoms with Crippen molar-refractivity contribution in [3.8, 4) is 0 Å². The van der Waals surface area contributed by atoms with Gasteiger partial charge in [0.25, 0.3) is 0 Å². The van der Waals surface area contributed by atoms with E-state index in [2.05, 4.69) is 22.0 Å². The monoisotopic (exact) mass is 293 g/mol. The van der Waals surface area contributed by atoms with Gasteiger partial charge in [-0.1, -0.05) is 34.1 Å². The van der Waals surface area contributed by atoms with Crippen molar-refractivity contribution < 1.29 is 9.74 Å². The topological polar surface area (TPSA) is 35.3 Å². The van der Waals surface area contributed by atoms with Crippen molar-refractivity contribution in [2.24, 2.45) is 0 Å². The molecule has 0 aromatic heterocycles. The third kappa shape index (κ3) is 1.86. The van der Waals surface area contributed by atoms with Crippen LogP contribution < -0.4 is 0 Å². The molecular formula is C13H12BrNO2. The Bertz CT molecular complexity index is 522. The highest BCUT2D eigenvalue weighted by Gasteiger charge is 2.35. The summed E-state index contributed by atoms with van der Waals surface area (Å²) in [5.41, 5.74) is 2.86. The zero-order valence-electron chi connectivity index (χ0n) is 9.23. The quantitative estimate of drug-likeness (QED) is 0.743. The molecule has 0 spiro atoms. The molecule has 0 saturated heterocycles. The van der Waals surface area contributed by atoms with Crippen LogP contribution in [0.25, 0.3) is 0 Å². The molecule has 1 aromatic carbocycles. The molecule has 88 valence electrons. The minimum atomic E-state index is -0.236. The van der Waals surface area contributed by atoms with E-state index in [-0.39, 0.29) is 6.10 Å². The summed E-state index contributed by atoms with van der Waals surface area (Å²) in [6, 6.07) is 7.91. The first-order valence-corrected chi connectivity index (χ1v) is 6.51. The van der Waals surface area contributed by atoms with E-state index in [0.29, 0.717) is 4.90 Å². The molecule has 0 N–H and O–H groups in total. The standard InChI is InChI=1S/C13H12BrNO2/c14-10-5-3-4-9(8-10)13-11-6-1-2-7-12(11)15(16)17-13/h3-6,8,13H,1-2,7H2. The molecule has 1 aliphatic carbocycles. The normalized spacial score (nSPS) is 23.1. The van der Waals surface area contributed by atoms with Crippen LogP contribution in [-0.4, -0.2) is 10.6 Å². The van der Waals surface area contributed by atoms with E-state index in [1.165, 1.54) is 0 Å². The smallest absolute Gasteiger partial charge is 0.249 e. The summed E-state index contributed by atoms with van der Waals surface area (Å²) in [7, 11) is 0. The average Bonchev–Trinajstić information content (AvgIpc) is 2.68. The zero-order chi connectivity index (χ0) is 11.8. The second-order valence-corrected chi connectivity index (χ2v) is 5.21. The van der Waals surface area contributed by atoms with E-state index >= 15 is 0 Å². The first-order chi connectivity index (χ1) is 8.25. The Hall–Kier alpha value is -1.29. The van der Waals surface area contributed by atoms with Gasteiger partial charge in [-0.25, -0.2) is 0 Å². The van der Waals surface area contributed by atoms with Crippen molar-refractivity contribution in [1.82, 2.24) is 0 Å². The summed E-state index contributed by atoms with van der Waals surface area (Å²) < 4.78 is 1.00. The van der Waals surface area contributed by atoms with Gasteiger partial charge in [-0.3, -0.25) is 5.21 Å². The number of hydrogen-bond donors (Lipinski definition) is 0. The lowest BCUT2D eigenvalue weighted by atomic mass is 9.91. The summed E-state index contributed by atoms with van der Waals surface area (Å²) in [4.78, 5) is 6.09. The number of halogens is 1. The molecule has 17 heavy (non-hydrogen) atoms. The van der Waals surface area contributed by atoms with Gasteiger partial charge in [0.2, 0.25) is 5.71 Å². The van der Waals surface area contributed by atoms with Gasteiger partial charge in [-0.05, 0) is 30.5 Å². The number of nitrogens with zero attached hydrogens (tertiary/aromatic N) is 1. The summed E-state index contributed by atoms with van der Waals surface area (Å²) in [5.74, 6) is 0. The predicted molar refractivity (Wildman–Crippen MR) is 68.5 cm³/mol. The van der Waals surface area contributed by atoms with Crippen LogP contribution in [0.5, 0.6) is 0 Å². The van der Waals surface area contributed by atoms with Crippen molar-refractivity contribution in [3.05, 3.63) is 51.2 Å². The molecule has 0 radical (unpaired) electrons. The molecule has 1 aliphatic heterocycles. The SMILES string of the molecule is [O-][N+]1=C2CCCC=C2C(c2cccc(Br)c2)O1. The second kappa shape index (κ2) is 4.18. The van der Waals surface area contributed by atoms with Crippen molar-refractivity contribution in [3.63, 3.8) is 0 Å². The fraction of sp³-hybridized carbons (Fsp3) is 0.308. The summed E-state index contributed by atoms with van der Waals surface area (Å²) >= 11 is 3.44. The second-order valence-electron chi connectivity index (χ2n) is 4.30. The third-order valence-corrected chi connectivity index (χ3v) is 3.66. The van der Waals surface area contributed by atoms with Crippen LogP contribution in [0.1, 0.15) is 30.9 Å². The maximum absolute atomic E-state index is 11.7. The molecule has 3 rings (SSSR count). The van der Waals surface area contributed by atoms with Crippen LogP contribution in [0, 0.1) is 5.21 Å². The van der Waals surface area contributed by atoms with E-state index in [4.69, 9.17) is 4.84 Å². The molecule has 3 nitrogen and oxygen atoms in total. The maximum Gasteiger partial charge on any atom is 0.249 e.